The van der Waals surface area contributed by atoms with Crippen LogP contribution in [-0.4, -0.2) is 30.0 Å². The molecular weight excluding hydrogens is 192 g/mol. The molecule has 0 unspecified atom stereocenters. The average Bonchev–Trinajstić information content (AvgIpc) is 2.20. The van der Waals surface area contributed by atoms with Gasteiger partial charge in [0.2, 0.25) is 0 Å². The average molecular weight is 208 g/mol. The minimum atomic E-state index is -0.225. The predicted octanol–water partition coefficient (Wildman–Crippen LogP) is 1.24. The third-order valence-electron chi connectivity index (χ3n) is 2.30. The van der Waals surface area contributed by atoms with Crippen LogP contribution in [0.25, 0.3) is 0 Å². The fraction of sp³-hybridized carbons (Fsp3) is 0.364. The van der Waals surface area contributed by atoms with Crippen LogP contribution in [0.15, 0.2) is 12.1 Å². The SMILES string of the molecule is CCc1ccc(N)c(O)c1C(=O)N(C)C. The molecular formula is C11H16N2O2. The lowest BCUT2D eigenvalue weighted by Crippen LogP contribution is -2.23. The number of hydrogen-bond acceptors (Lipinski definition) is 3. The molecule has 4 heteroatoms. The lowest BCUT2D eigenvalue weighted by Gasteiger charge is -2.15. The molecule has 0 fully saturated rings. The van der Waals surface area contributed by atoms with Crippen LogP contribution in [0.5, 0.6) is 5.75 Å². The summed E-state index contributed by atoms with van der Waals surface area (Å²) in [7, 11) is 3.29. The molecule has 0 radical (unpaired) electrons. The van der Waals surface area contributed by atoms with Crippen LogP contribution in [0.3, 0.4) is 0 Å². The number of nitrogens with two attached hydrogens (primary N) is 1. The van der Waals surface area contributed by atoms with Gasteiger partial charge in [-0.2, -0.15) is 0 Å². The van der Waals surface area contributed by atoms with Gasteiger partial charge < -0.3 is 15.7 Å². The van der Waals surface area contributed by atoms with Crippen LogP contribution in [0, 0.1) is 0 Å². The van der Waals surface area contributed by atoms with Gasteiger partial charge in [-0.1, -0.05) is 13.0 Å². The highest BCUT2D eigenvalue weighted by Crippen LogP contribution is 2.29. The van der Waals surface area contributed by atoms with Crippen molar-refractivity contribution in [3.05, 3.63) is 23.3 Å². The Kier molecular flexibility index (Phi) is 3.19. The van der Waals surface area contributed by atoms with Crippen molar-refractivity contribution in [1.29, 1.82) is 0 Å². The number of nitrogens with zero attached hydrogens (tertiary/aromatic N) is 1. The van der Waals surface area contributed by atoms with Gasteiger partial charge in [0.15, 0.2) is 5.75 Å². The first-order chi connectivity index (χ1) is 6.99. The number of carbonyl (C=O) groups is 1. The number of hydrogen-bond donors (Lipinski definition) is 2. The normalized spacial score (nSPS) is 10.1. The van der Waals surface area contributed by atoms with Crippen LogP contribution in [-0.2, 0) is 6.42 Å². The highest BCUT2D eigenvalue weighted by atomic mass is 16.3. The minimum Gasteiger partial charge on any atom is -0.505 e. The van der Waals surface area contributed by atoms with E-state index in [-0.39, 0.29) is 17.3 Å². The third-order valence-corrected chi connectivity index (χ3v) is 2.30. The van der Waals surface area contributed by atoms with E-state index in [0.717, 1.165) is 5.56 Å². The smallest absolute Gasteiger partial charge is 0.257 e. The fourth-order valence-corrected chi connectivity index (χ4v) is 1.41. The van der Waals surface area contributed by atoms with Gasteiger partial charge in [0, 0.05) is 14.1 Å². The summed E-state index contributed by atoms with van der Waals surface area (Å²) in [5, 5.41) is 9.76. The largest absolute Gasteiger partial charge is 0.505 e. The molecule has 0 bridgehead atoms. The monoisotopic (exact) mass is 208 g/mol. The first-order valence-electron chi connectivity index (χ1n) is 4.81. The van der Waals surface area contributed by atoms with Gasteiger partial charge in [0.05, 0.1) is 11.3 Å². The molecule has 1 amide bonds. The van der Waals surface area contributed by atoms with Gasteiger partial charge in [-0.25, -0.2) is 0 Å². The van der Waals surface area contributed by atoms with Gasteiger partial charge in [0.25, 0.3) is 5.91 Å². The Morgan fingerprint density at radius 1 is 1.47 bits per heavy atom. The summed E-state index contributed by atoms with van der Waals surface area (Å²) in [6.07, 6.45) is 0.683. The number of carbonyl (C=O) groups excluding carboxylic acids is 1. The molecule has 0 aromatic heterocycles. The summed E-state index contributed by atoms with van der Waals surface area (Å²) in [6.45, 7) is 1.93. The number of anilines is 1. The molecule has 1 aromatic carbocycles. The Hall–Kier alpha value is -1.71. The number of aryl methyl sites for hydroxylation is 1. The number of phenols is 1. The van der Waals surface area contributed by atoms with Crippen LogP contribution in [0.4, 0.5) is 5.69 Å². The van der Waals surface area contributed by atoms with E-state index in [1.807, 2.05) is 6.92 Å². The second-order valence-electron chi connectivity index (χ2n) is 3.59. The zero-order valence-corrected chi connectivity index (χ0v) is 9.24. The second-order valence-corrected chi connectivity index (χ2v) is 3.59. The van der Waals surface area contributed by atoms with Crippen molar-refractivity contribution in [3.8, 4) is 5.75 Å². The van der Waals surface area contributed by atoms with Crippen LogP contribution < -0.4 is 5.73 Å². The van der Waals surface area contributed by atoms with Gasteiger partial charge >= 0.3 is 0 Å². The summed E-state index contributed by atoms with van der Waals surface area (Å²) >= 11 is 0. The van der Waals surface area contributed by atoms with E-state index in [9.17, 15) is 9.90 Å². The first kappa shape index (κ1) is 11.4. The molecule has 0 spiro atoms. The molecule has 82 valence electrons. The van der Waals surface area contributed by atoms with Crippen molar-refractivity contribution in [1.82, 2.24) is 4.90 Å². The highest BCUT2D eigenvalue weighted by molar-refractivity contribution is 5.99. The predicted molar refractivity (Wildman–Crippen MR) is 59.9 cm³/mol. The molecule has 3 N–H and O–H groups in total. The molecule has 0 aliphatic carbocycles. The van der Waals surface area contributed by atoms with Crippen molar-refractivity contribution in [2.45, 2.75) is 13.3 Å². The lowest BCUT2D eigenvalue weighted by molar-refractivity contribution is 0.0823. The summed E-state index contributed by atoms with van der Waals surface area (Å²) in [5.41, 5.74) is 6.91. The fourth-order valence-electron chi connectivity index (χ4n) is 1.41. The molecule has 0 saturated carbocycles. The molecule has 4 nitrogen and oxygen atoms in total. The summed E-state index contributed by atoms with van der Waals surface area (Å²) < 4.78 is 0. The summed E-state index contributed by atoms with van der Waals surface area (Å²) in [5.74, 6) is -0.343. The Labute approximate surface area is 89.3 Å². The third kappa shape index (κ3) is 2.03. The van der Waals surface area contributed by atoms with E-state index in [2.05, 4.69) is 0 Å². The van der Waals surface area contributed by atoms with E-state index in [4.69, 9.17) is 5.73 Å². The number of amides is 1. The van der Waals surface area contributed by atoms with Crippen LogP contribution in [0.1, 0.15) is 22.8 Å². The molecule has 15 heavy (non-hydrogen) atoms. The van der Waals surface area contributed by atoms with Crippen molar-refractivity contribution >= 4 is 11.6 Å². The van der Waals surface area contributed by atoms with E-state index >= 15 is 0 Å². The Morgan fingerprint density at radius 2 is 2.07 bits per heavy atom. The molecule has 0 aliphatic heterocycles. The number of nitrogen functional groups attached to an aromatic ring is 1. The standard InChI is InChI=1S/C11H16N2O2/c1-4-7-5-6-8(12)10(14)9(7)11(15)13(2)3/h5-6,14H,4,12H2,1-3H3. The molecule has 1 rings (SSSR count). The highest BCUT2D eigenvalue weighted by Gasteiger charge is 2.18. The van der Waals surface area contributed by atoms with Gasteiger partial charge in [0.1, 0.15) is 0 Å². The maximum atomic E-state index is 11.8. The van der Waals surface area contributed by atoms with E-state index in [1.165, 1.54) is 4.90 Å². The van der Waals surface area contributed by atoms with Gasteiger partial charge in [-0.3, -0.25) is 4.79 Å². The zero-order valence-electron chi connectivity index (χ0n) is 9.24. The van der Waals surface area contributed by atoms with E-state index in [0.29, 0.717) is 12.0 Å². The molecule has 0 atom stereocenters. The minimum absolute atomic E-state index is 0.118. The zero-order chi connectivity index (χ0) is 11.6. The van der Waals surface area contributed by atoms with Crippen LogP contribution >= 0.6 is 0 Å². The van der Waals surface area contributed by atoms with Crippen molar-refractivity contribution in [3.63, 3.8) is 0 Å². The molecule has 1 aromatic rings. The lowest BCUT2D eigenvalue weighted by atomic mass is 10.0. The number of benzene rings is 1. The molecule has 0 saturated heterocycles. The number of rotatable bonds is 2. The van der Waals surface area contributed by atoms with Crippen molar-refractivity contribution in [2.24, 2.45) is 0 Å². The van der Waals surface area contributed by atoms with Gasteiger partial charge in [-0.15, -0.1) is 0 Å². The van der Waals surface area contributed by atoms with Crippen molar-refractivity contribution in [2.75, 3.05) is 19.8 Å². The van der Waals surface area contributed by atoms with E-state index in [1.54, 1.807) is 26.2 Å². The maximum absolute atomic E-state index is 11.8. The number of aromatic hydroxyl groups is 1. The Balaban J connectivity index is 3.36. The Morgan fingerprint density at radius 3 is 2.53 bits per heavy atom. The van der Waals surface area contributed by atoms with Crippen LogP contribution in [0.2, 0.25) is 0 Å². The summed E-state index contributed by atoms with van der Waals surface area (Å²) in [4.78, 5) is 13.2. The van der Waals surface area contributed by atoms with E-state index < -0.39 is 0 Å². The second kappa shape index (κ2) is 4.21. The topological polar surface area (TPSA) is 66.6 Å². The summed E-state index contributed by atoms with van der Waals surface area (Å²) in [6, 6.07) is 3.38. The Bertz CT molecular complexity index is 386. The number of phenolic OH excluding ortho intramolecular Hbond substituents is 1. The molecule has 0 aliphatic rings. The molecule has 0 heterocycles. The maximum Gasteiger partial charge on any atom is 0.257 e. The van der Waals surface area contributed by atoms with Gasteiger partial charge in [-0.05, 0) is 18.1 Å². The first-order valence-corrected chi connectivity index (χ1v) is 4.81. The quantitative estimate of drug-likeness (QED) is 0.567. The van der Waals surface area contributed by atoms with Crippen molar-refractivity contribution < 1.29 is 9.90 Å².